The minimum Gasteiger partial charge on any atom is -0.467 e. The van der Waals surface area contributed by atoms with Gasteiger partial charge in [0.15, 0.2) is 6.79 Å². The predicted octanol–water partition coefficient (Wildman–Crippen LogP) is 2.80. The first-order valence-electron chi connectivity index (χ1n) is 5.87. The van der Waals surface area contributed by atoms with E-state index in [1.807, 2.05) is 30.3 Å². The number of nitriles is 1. The van der Waals surface area contributed by atoms with Crippen LogP contribution in [0.1, 0.15) is 5.56 Å². The summed E-state index contributed by atoms with van der Waals surface area (Å²) in [5.74, 6) is 0.709. The number of pyridine rings is 1. The second-order valence-electron chi connectivity index (χ2n) is 3.95. The lowest BCUT2D eigenvalue weighted by Crippen LogP contribution is -2.01. The minimum absolute atomic E-state index is 0.175. The maximum absolute atomic E-state index is 8.75. The van der Waals surface area contributed by atoms with E-state index >= 15 is 0 Å². The smallest absolute Gasteiger partial charge is 0.188 e. The normalized spacial score (nSPS) is 9.89. The molecule has 4 nitrogen and oxygen atoms in total. The number of rotatable bonds is 5. The van der Waals surface area contributed by atoms with Crippen LogP contribution in [-0.4, -0.2) is 18.9 Å². The fourth-order valence-electron chi connectivity index (χ4n) is 1.78. The van der Waals surface area contributed by atoms with Crippen molar-refractivity contribution < 1.29 is 9.47 Å². The number of aromatic nitrogens is 1. The zero-order chi connectivity index (χ0) is 13.5. The van der Waals surface area contributed by atoms with Crippen LogP contribution >= 0.6 is 0 Å². The number of hydrogen-bond acceptors (Lipinski definition) is 4. The molecule has 0 atom stereocenters. The predicted molar refractivity (Wildman–Crippen MR) is 71.5 cm³/mol. The van der Waals surface area contributed by atoms with Gasteiger partial charge < -0.3 is 9.47 Å². The lowest BCUT2D eigenvalue weighted by molar-refractivity contribution is 0.0515. The van der Waals surface area contributed by atoms with Crippen LogP contribution < -0.4 is 4.74 Å². The summed E-state index contributed by atoms with van der Waals surface area (Å²) in [6.45, 7) is 0.175. The highest BCUT2D eigenvalue weighted by Gasteiger charge is 2.07. The highest BCUT2D eigenvalue weighted by molar-refractivity contribution is 5.70. The van der Waals surface area contributed by atoms with Crippen molar-refractivity contribution in [3.8, 4) is 22.9 Å². The molecule has 2 rings (SSSR count). The maximum Gasteiger partial charge on any atom is 0.188 e. The molecule has 0 radical (unpaired) electrons. The van der Waals surface area contributed by atoms with Gasteiger partial charge in [0, 0.05) is 25.1 Å². The fourth-order valence-corrected chi connectivity index (χ4v) is 1.78. The van der Waals surface area contributed by atoms with Crippen LogP contribution in [0.25, 0.3) is 11.1 Å². The van der Waals surface area contributed by atoms with Crippen LogP contribution in [-0.2, 0) is 11.2 Å². The van der Waals surface area contributed by atoms with Crippen molar-refractivity contribution in [3.05, 3.63) is 48.3 Å². The Morgan fingerprint density at radius 1 is 1.21 bits per heavy atom. The number of nitrogens with zero attached hydrogens (tertiary/aromatic N) is 2. The maximum atomic E-state index is 8.75. The third kappa shape index (κ3) is 3.30. The van der Waals surface area contributed by atoms with Crippen molar-refractivity contribution in [2.75, 3.05) is 13.9 Å². The second kappa shape index (κ2) is 6.53. The Morgan fingerprint density at radius 2 is 2.00 bits per heavy atom. The van der Waals surface area contributed by atoms with Gasteiger partial charge in [-0.15, -0.1) is 0 Å². The lowest BCUT2D eigenvalue weighted by atomic mass is 10.0. The number of hydrogen-bond donors (Lipinski definition) is 0. The molecule has 4 heteroatoms. The Bertz CT molecular complexity index is 576. The van der Waals surface area contributed by atoms with E-state index in [0.717, 1.165) is 16.7 Å². The molecule has 96 valence electrons. The van der Waals surface area contributed by atoms with Crippen molar-refractivity contribution in [3.63, 3.8) is 0 Å². The first kappa shape index (κ1) is 13.1. The Morgan fingerprint density at radius 3 is 2.68 bits per heavy atom. The molecule has 1 aromatic carbocycles. The van der Waals surface area contributed by atoms with Crippen LogP contribution in [0.5, 0.6) is 5.75 Å². The molecule has 0 spiro atoms. The average molecular weight is 254 g/mol. The number of methoxy groups -OCH3 is 1. The molecule has 0 aliphatic carbocycles. The van der Waals surface area contributed by atoms with Crippen molar-refractivity contribution in [2.24, 2.45) is 0 Å². The van der Waals surface area contributed by atoms with Gasteiger partial charge in [-0.1, -0.05) is 12.1 Å². The molecular formula is C15H14N2O2. The Labute approximate surface area is 112 Å². The highest BCUT2D eigenvalue weighted by atomic mass is 16.7. The van der Waals surface area contributed by atoms with E-state index in [9.17, 15) is 0 Å². The van der Waals surface area contributed by atoms with E-state index in [1.54, 1.807) is 19.5 Å². The van der Waals surface area contributed by atoms with Gasteiger partial charge in [-0.25, -0.2) is 0 Å². The summed E-state index contributed by atoms with van der Waals surface area (Å²) in [5.41, 5.74) is 2.90. The topological polar surface area (TPSA) is 55.1 Å². The summed E-state index contributed by atoms with van der Waals surface area (Å²) >= 11 is 0. The van der Waals surface area contributed by atoms with E-state index in [0.29, 0.717) is 12.2 Å². The zero-order valence-corrected chi connectivity index (χ0v) is 10.7. The molecule has 1 aromatic heterocycles. The SMILES string of the molecule is COCOc1cc(CC#N)ccc1-c1ccncc1. The van der Waals surface area contributed by atoms with Gasteiger partial charge in [0.25, 0.3) is 0 Å². The zero-order valence-electron chi connectivity index (χ0n) is 10.7. The first-order chi connectivity index (χ1) is 9.35. The second-order valence-corrected chi connectivity index (χ2v) is 3.95. The van der Waals surface area contributed by atoms with Gasteiger partial charge in [-0.3, -0.25) is 4.98 Å². The van der Waals surface area contributed by atoms with Crippen LogP contribution in [0.2, 0.25) is 0 Å². The summed E-state index contributed by atoms with van der Waals surface area (Å²) in [5, 5.41) is 8.75. The Kier molecular flexibility index (Phi) is 4.49. The number of ether oxygens (including phenoxy) is 2. The molecular weight excluding hydrogens is 240 g/mol. The monoisotopic (exact) mass is 254 g/mol. The molecule has 0 unspecified atom stereocenters. The molecule has 0 amide bonds. The highest BCUT2D eigenvalue weighted by Crippen LogP contribution is 2.30. The average Bonchev–Trinajstić information content (AvgIpc) is 2.46. The fraction of sp³-hybridized carbons (Fsp3) is 0.200. The van der Waals surface area contributed by atoms with E-state index in [4.69, 9.17) is 14.7 Å². The van der Waals surface area contributed by atoms with Gasteiger partial charge in [0.2, 0.25) is 0 Å². The van der Waals surface area contributed by atoms with E-state index in [2.05, 4.69) is 11.1 Å². The van der Waals surface area contributed by atoms with Gasteiger partial charge in [-0.2, -0.15) is 5.26 Å². The standard InChI is InChI=1S/C15H14N2O2/c1-18-11-19-15-10-12(4-7-16)2-3-14(15)13-5-8-17-9-6-13/h2-3,5-6,8-10H,4,11H2,1H3. The van der Waals surface area contributed by atoms with Crippen LogP contribution in [0.15, 0.2) is 42.7 Å². The van der Waals surface area contributed by atoms with Crippen LogP contribution in [0.3, 0.4) is 0 Å². The van der Waals surface area contributed by atoms with Gasteiger partial charge in [0.1, 0.15) is 5.75 Å². The molecule has 19 heavy (non-hydrogen) atoms. The van der Waals surface area contributed by atoms with Crippen molar-refractivity contribution >= 4 is 0 Å². The summed E-state index contributed by atoms with van der Waals surface area (Å²) in [6.07, 6.45) is 3.83. The molecule has 0 aliphatic heterocycles. The molecule has 0 aliphatic rings. The van der Waals surface area contributed by atoms with Crippen molar-refractivity contribution in [1.82, 2.24) is 4.98 Å². The first-order valence-corrected chi connectivity index (χ1v) is 5.87. The summed E-state index contributed by atoms with van der Waals surface area (Å²) < 4.78 is 10.5. The molecule has 2 aromatic rings. The molecule has 0 saturated carbocycles. The summed E-state index contributed by atoms with van der Waals surface area (Å²) in [7, 11) is 1.57. The minimum atomic E-state index is 0.175. The van der Waals surface area contributed by atoms with E-state index in [1.165, 1.54) is 0 Å². The number of benzene rings is 1. The Balaban J connectivity index is 2.39. The molecule has 0 bridgehead atoms. The largest absolute Gasteiger partial charge is 0.467 e. The van der Waals surface area contributed by atoms with Crippen LogP contribution in [0.4, 0.5) is 0 Å². The van der Waals surface area contributed by atoms with Gasteiger partial charge in [-0.05, 0) is 29.3 Å². The molecule has 0 N–H and O–H groups in total. The molecule has 1 heterocycles. The van der Waals surface area contributed by atoms with Crippen molar-refractivity contribution in [2.45, 2.75) is 6.42 Å². The Hall–Kier alpha value is -2.38. The summed E-state index contributed by atoms with van der Waals surface area (Å²) in [4.78, 5) is 4.00. The molecule has 0 fully saturated rings. The molecule has 0 saturated heterocycles. The third-order valence-corrected chi connectivity index (χ3v) is 2.65. The lowest BCUT2D eigenvalue weighted by Gasteiger charge is -2.12. The third-order valence-electron chi connectivity index (χ3n) is 2.65. The van der Waals surface area contributed by atoms with Crippen LogP contribution in [0, 0.1) is 11.3 Å². The van der Waals surface area contributed by atoms with Gasteiger partial charge >= 0.3 is 0 Å². The van der Waals surface area contributed by atoms with Crippen molar-refractivity contribution in [1.29, 1.82) is 5.26 Å². The van der Waals surface area contributed by atoms with Gasteiger partial charge in [0.05, 0.1) is 12.5 Å². The van der Waals surface area contributed by atoms with E-state index in [-0.39, 0.29) is 6.79 Å². The van der Waals surface area contributed by atoms with E-state index < -0.39 is 0 Å². The quantitative estimate of drug-likeness (QED) is 0.770. The summed E-state index contributed by atoms with van der Waals surface area (Å²) in [6, 6.07) is 11.7.